The molecule has 1 aromatic heterocycles. The Kier molecular flexibility index (Phi) is 7.78. The van der Waals surface area contributed by atoms with Gasteiger partial charge in [-0.3, -0.25) is 4.99 Å². The largest absolute Gasteiger partial charge is 0.497 e. The third-order valence-corrected chi connectivity index (χ3v) is 5.32. The number of imidazole rings is 1. The van der Waals surface area contributed by atoms with Crippen molar-refractivity contribution in [2.24, 2.45) is 4.99 Å². The molecule has 7 nitrogen and oxygen atoms in total. The van der Waals surface area contributed by atoms with Crippen molar-refractivity contribution in [2.75, 3.05) is 51.3 Å². The number of hydrogen-bond acceptors (Lipinski definition) is 4. The van der Waals surface area contributed by atoms with Crippen LogP contribution in [0.2, 0.25) is 0 Å². The summed E-state index contributed by atoms with van der Waals surface area (Å²) in [5.41, 5.74) is 1.22. The Balaban J connectivity index is 1.47. The molecular formula is C22H34N6O. The molecule has 2 heterocycles. The predicted octanol–water partition coefficient (Wildman–Crippen LogP) is 2.77. The molecule has 1 saturated heterocycles. The molecular weight excluding hydrogens is 364 g/mol. The summed E-state index contributed by atoms with van der Waals surface area (Å²) in [6.07, 6.45) is 6.10. The first-order valence-electron chi connectivity index (χ1n) is 10.6. The zero-order valence-electron chi connectivity index (χ0n) is 18.0. The number of aryl methyl sites for hydroxylation is 2. The van der Waals surface area contributed by atoms with E-state index in [0.29, 0.717) is 0 Å². The van der Waals surface area contributed by atoms with Gasteiger partial charge in [0.15, 0.2) is 5.96 Å². The van der Waals surface area contributed by atoms with Crippen LogP contribution in [0.1, 0.15) is 25.6 Å². The van der Waals surface area contributed by atoms with Crippen LogP contribution in [-0.4, -0.2) is 66.8 Å². The minimum absolute atomic E-state index is 0.853. The molecule has 0 bridgehead atoms. The van der Waals surface area contributed by atoms with E-state index in [4.69, 9.17) is 9.73 Å². The average molecular weight is 399 g/mol. The monoisotopic (exact) mass is 398 g/mol. The number of nitrogens with one attached hydrogen (secondary N) is 1. The molecule has 0 radical (unpaired) electrons. The van der Waals surface area contributed by atoms with E-state index in [0.717, 1.165) is 76.2 Å². The third kappa shape index (κ3) is 5.89. The normalized spacial score (nSPS) is 14.9. The smallest absolute Gasteiger partial charge is 0.194 e. The number of hydrogen-bond donors (Lipinski definition) is 1. The fourth-order valence-corrected chi connectivity index (χ4v) is 3.63. The number of piperazine rings is 1. The number of anilines is 1. The van der Waals surface area contributed by atoms with Crippen LogP contribution < -0.4 is 15.0 Å². The Labute approximate surface area is 174 Å². The SMILES string of the molecule is CCNC(=NCCCCn1ccnc1C)N1CCN(c2cccc(OC)c2)CC1. The van der Waals surface area contributed by atoms with Gasteiger partial charge in [-0.2, -0.15) is 0 Å². The molecule has 0 aliphatic carbocycles. The number of benzene rings is 1. The lowest BCUT2D eigenvalue weighted by Gasteiger charge is -2.37. The molecule has 0 unspecified atom stereocenters. The van der Waals surface area contributed by atoms with Gasteiger partial charge in [0.05, 0.1) is 7.11 Å². The van der Waals surface area contributed by atoms with Crippen LogP contribution >= 0.6 is 0 Å². The summed E-state index contributed by atoms with van der Waals surface area (Å²) in [5.74, 6) is 3.03. The highest BCUT2D eigenvalue weighted by Crippen LogP contribution is 2.22. The van der Waals surface area contributed by atoms with Gasteiger partial charge in [0, 0.05) is 70.0 Å². The van der Waals surface area contributed by atoms with Crippen molar-refractivity contribution in [2.45, 2.75) is 33.2 Å². The van der Waals surface area contributed by atoms with Crippen molar-refractivity contribution < 1.29 is 4.74 Å². The minimum Gasteiger partial charge on any atom is -0.497 e. The molecule has 0 saturated carbocycles. The number of nitrogens with zero attached hydrogens (tertiary/aromatic N) is 5. The minimum atomic E-state index is 0.853. The van der Waals surface area contributed by atoms with E-state index in [9.17, 15) is 0 Å². The number of unbranched alkanes of at least 4 members (excludes halogenated alkanes) is 1. The van der Waals surface area contributed by atoms with Crippen LogP contribution in [0.4, 0.5) is 5.69 Å². The molecule has 2 aromatic rings. The first-order valence-corrected chi connectivity index (χ1v) is 10.6. The molecule has 1 N–H and O–H groups in total. The molecule has 0 amide bonds. The van der Waals surface area contributed by atoms with Gasteiger partial charge in [-0.05, 0) is 38.8 Å². The third-order valence-electron chi connectivity index (χ3n) is 5.32. The molecule has 158 valence electrons. The number of rotatable bonds is 8. The second-order valence-corrected chi connectivity index (χ2v) is 7.29. The number of methoxy groups -OCH3 is 1. The molecule has 7 heteroatoms. The van der Waals surface area contributed by atoms with E-state index in [1.165, 1.54) is 5.69 Å². The highest BCUT2D eigenvalue weighted by Gasteiger charge is 2.20. The fraction of sp³-hybridized carbons (Fsp3) is 0.545. The van der Waals surface area contributed by atoms with Crippen molar-refractivity contribution >= 4 is 11.6 Å². The lowest BCUT2D eigenvalue weighted by atomic mass is 10.2. The maximum Gasteiger partial charge on any atom is 0.194 e. The number of ether oxygens (including phenoxy) is 1. The summed E-state index contributed by atoms with van der Waals surface area (Å²) >= 11 is 0. The van der Waals surface area contributed by atoms with Crippen LogP contribution in [0.15, 0.2) is 41.7 Å². The highest BCUT2D eigenvalue weighted by atomic mass is 16.5. The first kappa shape index (κ1) is 21.0. The van der Waals surface area contributed by atoms with Gasteiger partial charge < -0.3 is 24.4 Å². The maximum atomic E-state index is 5.36. The molecule has 0 atom stereocenters. The number of guanidine groups is 1. The van der Waals surface area contributed by atoms with Crippen molar-refractivity contribution in [1.29, 1.82) is 0 Å². The summed E-state index contributed by atoms with van der Waals surface area (Å²) in [7, 11) is 1.72. The van der Waals surface area contributed by atoms with Crippen molar-refractivity contribution in [3.05, 3.63) is 42.5 Å². The van der Waals surface area contributed by atoms with Crippen LogP contribution in [0, 0.1) is 6.92 Å². The van der Waals surface area contributed by atoms with E-state index < -0.39 is 0 Å². The second-order valence-electron chi connectivity index (χ2n) is 7.29. The lowest BCUT2D eigenvalue weighted by Crippen LogP contribution is -2.52. The summed E-state index contributed by atoms with van der Waals surface area (Å²) < 4.78 is 7.56. The molecule has 0 spiro atoms. The van der Waals surface area contributed by atoms with Gasteiger partial charge >= 0.3 is 0 Å². The Morgan fingerprint density at radius 2 is 2.03 bits per heavy atom. The van der Waals surface area contributed by atoms with E-state index in [-0.39, 0.29) is 0 Å². The molecule has 1 aliphatic heterocycles. The van der Waals surface area contributed by atoms with Crippen molar-refractivity contribution in [3.63, 3.8) is 0 Å². The average Bonchev–Trinajstić information content (AvgIpc) is 3.17. The topological polar surface area (TPSA) is 57.9 Å². The first-order chi connectivity index (χ1) is 14.2. The Morgan fingerprint density at radius 1 is 1.21 bits per heavy atom. The Morgan fingerprint density at radius 3 is 2.72 bits per heavy atom. The zero-order valence-corrected chi connectivity index (χ0v) is 18.0. The van der Waals surface area contributed by atoms with Crippen molar-refractivity contribution in [1.82, 2.24) is 19.8 Å². The van der Waals surface area contributed by atoms with Crippen molar-refractivity contribution in [3.8, 4) is 5.75 Å². The van der Waals surface area contributed by atoms with E-state index in [1.54, 1.807) is 7.11 Å². The standard InChI is InChI=1S/C22H34N6O/c1-4-23-22(25-10-5-6-12-26-13-11-24-19(26)2)28-16-14-27(15-17-28)20-8-7-9-21(18-20)29-3/h7-9,11,13,18H,4-6,10,12,14-17H2,1-3H3,(H,23,25). The number of aliphatic imine (C=N–C) groups is 1. The molecule has 1 aromatic carbocycles. The van der Waals surface area contributed by atoms with Gasteiger partial charge in [-0.1, -0.05) is 6.07 Å². The van der Waals surface area contributed by atoms with Crippen LogP contribution in [0.5, 0.6) is 5.75 Å². The van der Waals surface area contributed by atoms with Crippen LogP contribution in [-0.2, 0) is 6.54 Å². The van der Waals surface area contributed by atoms with E-state index >= 15 is 0 Å². The summed E-state index contributed by atoms with van der Waals surface area (Å²) in [5, 5.41) is 3.46. The quantitative estimate of drug-likeness (QED) is 0.421. The predicted molar refractivity (Wildman–Crippen MR) is 119 cm³/mol. The van der Waals surface area contributed by atoms with Crippen LogP contribution in [0.25, 0.3) is 0 Å². The van der Waals surface area contributed by atoms with E-state index in [1.807, 2.05) is 25.4 Å². The number of aromatic nitrogens is 2. The maximum absolute atomic E-state index is 5.36. The fourth-order valence-electron chi connectivity index (χ4n) is 3.63. The zero-order chi connectivity index (χ0) is 20.5. The van der Waals surface area contributed by atoms with E-state index in [2.05, 4.69) is 49.8 Å². The van der Waals surface area contributed by atoms with Gasteiger partial charge in [0.1, 0.15) is 11.6 Å². The Bertz CT molecular complexity index is 779. The lowest BCUT2D eigenvalue weighted by molar-refractivity contribution is 0.371. The summed E-state index contributed by atoms with van der Waals surface area (Å²) in [6, 6.07) is 8.30. The second kappa shape index (κ2) is 10.7. The Hall–Kier alpha value is -2.70. The molecule has 29 heavy (non-hydrogen) atoms. The molecule has 1 fully saturated rings. The summed E-state index contributed by atoms with van der Waals surface area (Å²) in [4.78, 5) is 13.9. The van der Waals surface area contributed by atoms with Gasteiger partial charge in [0.2, 0.25) is 0 Å². The van der Waals surface area contributed by atoms with Crippen LogP contribution in [0.3, 0.4) is 0 Å². The van der Waals surface area contributed by atoms with Gasteiger partial charge in [-0.25, -0.2) is 4.98 Å². The molecule has 3 rings (SSSR count). The molecule has 1 aliphatic rings. The summed E-state index contributed by atoms with van der Waals surface area (Å²) in [6.45, 7) is 10.8. The highest BCUT2D eigenvalue weighted by molar-refractivity contribution is 5.80. The van der Waals surface area contributed by atoms with Gasteiger partial charge in [0.25, 0.3) is 0 Å². The van der Waals surface area contributed by atoms with Gasteiger partial charge in [-0.15, -0.1) is 0 Å².